The van der Waals surface area contributed by atoms with Crippen LogP contribution in [0.15, 0.2) is 79.3 Å². The molecule has 4 aromatic rings. The molecule has 4 rings (SSSR count). The maximum absolute atomic E-state index is 13.4. The Hall–Kier alpha value is -3.71. The SMILES string of the molecule is CN(C)CCc1ccc(NC(=O)c2cnn(-c3ccc(F)cc3)c2-n2cccc2)cc1. The van der Waals surface area contributed by atoms with E-state index in [0.29, 0.717) is 22.8 Å². The van der Waals surface area contributed by atoms with Gasteiger partial charge in [-0.1, -0.05) is 12.1 Å². The van der Waals surface area contributed by atoms with Crippen LogP contribution < -0.4 is 5.32 Å². The van der Waals surface area contributed by atoms with Crippen LogP contribution in [-0.2, 0) is 6.42 Å². The molecule has 0 saturated carbocycles. The number of benzene rings is 2. The van der Waals surface area contributed by atoms with E-state index >= 15 is 0 Å². The minimum Gasteiger partial charge on any atom is -0.322 e. The third kappa shape index (κ3) is 4.73. The fraction of sp³-hybridized carbons (Fsp3) is 0.167. The number of nitrogens with zero attached hydrogens (tertiary/aromatic N) is 4. The molecule has 2 heterocycles. The highest BCUT2D eigenvalue weighted by Gasteiger charge is 2.20. The number of anilines is 1. The zero-order chi connectivity index (χ0) is 21.8. The smallest absolute Gasteiger partial charge is 0.261 e. The van der Waals surface area contributed by atoms with Crippen molar-refractivity contribution in [3.63, 3.8) is 0 Å². The number of hydrogen-bond acceptors (Lipinski definition) is 3. The van der Waals surface area contributed by atoms with E-state index in [-0.39, 0.29) is 11.7 Å². The van der Waals surface area contributed by atoms with Crippen LogP contribution >= 0.6 is 0 Å². The lowest BCUT2D eigenvalue weighted by Gasteiger charge is -2.12. The fourth-order valence-electron chi connectivity index (χ4n) is 3.30. The van der Waals surface area contributed by atoms with E-state index in [1.165, 1.54) is 23.9 Å². The van der Waals surface area contributed by atoms with Gasteiger partial charge in [-0.3, -0.25) is 4.79 Å². The zero-order valence-electron chi connectivity index (χ0n) is 17.5. The monoisotopic (exact) mass is 417 g/mol. The van der Waals surface area contributed by atoms with Gasteiger partial charge >= 0.3 is 0 Å². The summed E-state index contributed by atoms with van der Waals surface area (Å²) >= 11 is 0. The van der Waals surface area contributed by atoms with Gasteiger partial charge in [0.15, 0.2) is 5.82 Å². The Morgan fingerprint density at radius 3 is 2.35 bits per heavy atom. The average molecular weight is 417 g/mol. The van der Waals surface area contributed by atoms with Gasteiger partial charge in [0.1, 0.15) is 11.4 Å². The number of carbonyl (C=O) groups excluding carboxylic acids is 1. The molecule has 0 unspecified atom stereocenters. The number of halogens is 1. The van der Waals surface area contributed by atoms with Crippen molar-refractivity contribution >= 4 is 11.6 Å². The Morgan fingerprint density at radius 2 is 1.71 bits per heavy atom. The van der Waals surface area contributed by atoms with Gasteiger partial charge < -0.3 is 14.8 Å². The molecule has 0 fully saturated rings. The summed E-state index contributed by atoms with van der Waals surface area (Å²) in [6.07, 6.45) is 6.16. The van der Waals surface area contributed by atoms with Crippen LogP contribution in [0.5, 0.6) is 0 Å². The van der Waals surface area contributed by atoms with Gasteiger partial charge in [-0.25, -0.2) is 9.07 Å². The Balaban J connectivity index is 1.60. The lowest BCUT2D eigenvalue weighted by molar-refractivity contribution is 0.102. The summed E-state index contributed by atoms with van der Waals surface area (Å²) in [5.74, 6) is -0.0137. The normalized spacial score (nSPS) is 11.1. The fourth-order valence-corrected chi connectivity index (χ4v) is 3.30. The maximum atomic E-state index is 13.4. The molecule has 2 aromatic heterocycles. The molecule has 1 N–H and O–H groups in total. The van der Waals surface area contributed by atoms with Crippen LogP contribution in [0.3, 0.4) is 0 Å². The van der Waals surface area contributed by atoms with Crippen LogP contribution in [0, 0.1) is 5.82 Å². The Bertz CT molecular complexity index is 1150. The van der Waals surface area contributed by atoms with Crippen molar-refractivity contribution in [2.45, 2.75) is 6.42 Å². The van der Waals surface area contributed by atoms with Gasteiger partial charge in [0.2, 0.25) is 0 Å². The summed E-state index contributed by atoms with van der Waals surface area (Å²) in [4.78, 5) is 15.2. The van der Waals surface area contributed by atoms with E-state index < -0.39 is 0 Å². The molecule has 0 aliphatic heterocycles. The molecule has 0 saturated heterocycles. The number of aromatic nitrogens is 3. The lowest BCUT2D eigenvalue weighted by atomic mass is 10.1. The highest BCUT2D eigenvalue weighted by Crippen LogP contribution is 2.21. The zero-order valence-corrected chi connectivity index (χ0v) is 17.5. The summed E-state index contributed by atoms with van der Waals surface area (Å²) in [6.45, 7) is 0.967. The third-order valence-electron chi connectivity index (χ3n) is 4.97. The molecule has 0 aliphatic carbocycles. The summed E-state index contributed by atoms with van der Waals surface area (Å²) in [6, 6.07) is 17.6. The summed E-state index contributed by atoms with van der Waals surface area (Å²) in [5.41, 5.74) is 3.00. The van der Waals surface area contributed by atoms with Crippen molar-refractivity contribution in [3.8, 4) is 11.5 Å². The van der Waals surface area contributed by atoms with Crippen LogP contribution in [-0.4, -0.2) is 45.8 Å². The number of rotatable bonds is 7. The van der Waals surface area contributed by atoms with Crippen LogP contribution in [0.4, 0.5) is 10.1 Å². The van der Waals surface area contributed by atoms with Crippen molar-refractivity contribution in [1.29, 1.82) is 0 Å². The molecule has 0 bridgehead atoms. The quantitative estimate of drug-likeness (QED) is 0.491. The number of nitrogens with one attached hydrogen (secondary N) is 1. The summed E-state index contributed by atoms with van der Waals surface area (Å²) in [5, 5.41) is 7.35. The van der Waals surface area contributed by atoms with Gasteiger partial charge in [0.25, 0.3) is 5.91 Å². The first kappa shape index (κ1) is 20.6. The molecule has 6 nitrogen and oxygen atoms in total. The number of hydrogen-bond donors (Lipinski definition) is 1. The van der Waals surface area contributed by atoms with Crippen molar-refractivity contribution in [2.24, 2.45) is 0 Å². The van der Waals surface area contributed by atoms with Gasteiger partial charge in [-0.05, 0) is 74.6 Å². The minimum atomic E-state index is -0.328. The van der Waals surface area contributed by atoms with Crippen LogP contribution in [0.1, 0.15) is 15.9 Å². The van der Waals surface area contributed by atoms with Gasteiger partial charge in [-0.15, -0.1) is 0 Å². The van der Waals surface area contributed by atoms with E-state index in [9.17, 15) is 9.18 Å². The van der Waals surface area contributed by atoms with Crippen LogP contribution in [0.25, 0.3) is 11.5 Å². The van der Waals surface area contributed by atoms with Crippen molar-refractivity contribution < 1.29 is 9.18 Å². The molecule has 0 spiro atoms. The molecule has 7 heteroatoms. The first-order valence-corrected chi connectivity index (χ1v) is 10.0. The Labute approximate surface area is 180 Å². The van der Waals surface area contributed by atoms with E-state index in [1.807, 2.05) is 67.5 Å². The highest BCUT2D eigenvalue weighted by molar-refractivity contribution is 6.06. The highest BCUT2D eigenvalue weighted by atomic mass is 19.1. The molecule has 1 amide bonds. The Kier molecular flexibility index (Phi) is 5.95. The van der Waals surface area contributed by atoms with Crippen molar-refractivity contribution in [1.82, 2.24) is 19.2 Å². The predicted molar refractivity (Wildman–Crippen MR) is 120 cm³/mol. The second-order valence-corrected chi connectivity index (χ2v) is 7.56. The molecule has 31 heavy (non-hydrogen) atoms. The third-order valence-corrected chi connectivity index (χ3v) is 4.97. The van der Waals surface area contributed by atoms with E-state index in [4.69, 9.17) is 0 Å². The molecular weight excluding hydrogens is 393 g/mol. The first-order valence-electron chi connectivity index (χ1n) is 10.0. The van der Waals surface area contributed by atoms with Gasteiger partial charge in [-0.2, -0.15) is 5.10 Å². The maximum Gasteiger partial charge on any atom is 0.261 e. The van der Waals surface area contributed by atoms with E-state index in [0.717, 1.165) is 13.0 Å². The predicted octanol–water partition coefficient (Wildman–Crippen LogP) is 4.16. The second-order valence-electron chi connectivity index (χ2n) is 7.56. The first-order chi connectivity index (χ1) is 15.0. The average Bonchev–Trinajstić information content (AvgIpc) is 3.43. The molecule has 0 atom stereocenters. The lowest BCUT2D eigenvalue weighted by Crippen LogP contribution is -2.16. The van der Waals surface area contributed by atoms with E-state index in [1.54, 1.807) is 16.8 Å². The van der Waals surface area contributed by atoms with Crippen molar-refractivity contribution in [2.75, 3.05) is 26.0 Å². The standard InChI is InChI=1S/C24H24FN5O/c1-28(2)16-13-18-5-9-20(10-6-18)27-23(31)22-17-26-30(21-11-7-19(25)8-12-21)24(22)29-14-3-4-15-29/h3-12,14-15,17H,13,16H2,1-2H3,(H,27,31). The molecular formula is C24H24FN5O. The van der Waals surface area contributed by atoms with Gasteiger partial charge in [0, 0.05) is 24.6 Å². The van der Waals surface area contributed by atoms with Crippen molar-refractivity contribution in [3.05, 3.63) is 96.2 Å². The Morgan fingerprint density at radius 1 is 1.03 bits per heavy atom. The van der Waals surface area contributed by atoms with Gasteiger partial charge in [0.05, 0.1) is 11.9 Å². The second kappa shape index (κ2) is 8.97. The topological polar surface area (TPSA) is 55.1 Å². The number of amides is 1. The molecule has 0 aliphatic rings. The molecule has 158 valence electrons. The minimum absolute atomic E-state index is 0.266. The largest absolute Gasteiger partial charge is 0.322 e. The number of likely N-dealkylation sites (N-methyl/N-ethyl adjacent to an activating group) is 1. The summed E-state index contributed by atoms with van der Waals surface area (Å²) < 4.78 is 16.8. The van der Waals surface area contributed by atoms with E-state index in [2.05, 4.69) is 15.3 Å². The number of carbonyl (C=O) groups is 1. The summed E-state index contributed by atoms with van der Waals surface area (Å²) in [7, 11) is 4.09. The molecule has 0 radical (unpaired) electrons. The molecule has 2 aromatic carbocycles. The van der Waals surface area contributed by atoms with Crippen LogP contribution in [0.2, 0.25) is 0 Å².